The van der Waals surface area contributed by atoms with Crippen molar-refractivity contribution < 1.29 is 18.3 Å². The molecule has 0 amide bonds. The zero-order valence-corrected chi connectivity index (χ0v) is 16.6. The van der Waals surface area contributed by atoms with Gasteiger partial charge in [-0.1, -0.05) is 0 Å². The van der Waals surface area contributed by atoms with E-state index in [4.69, 9.17) is 15.2 Å². The van der Waals surface area contributed by atoms with Gasteiger partial charge in [-0.15, -0.1) is 0 Å². The minimum Gasteiger partial charge on any atom is -0.384 e. The minimum atomic E-state index is -2.70. The van der Waals surface area contributed by atoms with Crippen LogP contribution in [0.15, 0.2) is 18.3 Å². The number of nitrogens with two attached hydrogens (primary N) is 1. The van der Waals surface area contributed by atoms with E-state index in [1.807, 2.05) is 18.9 Å². The van der Waals surface area contributed by atoms with Gasteiger partial charge in [-0.3, -0.25) is 0 Å². The first-order valence-corrected chi connectivity index (χ1v) is 9.54. The van der Waals surface area contributed by atoms with Gasteiger partial charge >= 0.3 is 0 Å². The van der Waals surface area contributed by atoms with E-state index in [1.165, 1.54) is 12.3 Å². The molecule has 0 aliphatic carbocycles. The number of nitrogen functional groups attached to an aromatic ring is 1. The van der Waals surface area contributed by atoms with Crippen molar-refractivity contribution >= 4 is 17.6 Å². The van der Waals surface area contributed by atoms with Gasteiger partial charge in [0, 0.05) is 56.7 Å². The lowest BCUT2D eigenvalue weighted by atomic mass is 10.1. The highest BCUT2D eigenvalue weighted by atomic mass is 19.3. The maximum Gasteiger partial charge on any atom is 0.264 e. The van der Waals surface area contributed by atoms with Crippen LogP contribution >= 0.6 is 0 Å². The molecule has 3 rings (SSSR count). The van der Waals surface area contributed by atoms with Crippen LogP contribution in [0.1, 0.15) is 18.9 Å². The highest BCUT2D eigenvalue weighted by Crippen LogP contribution is 2.33. The SMILES string of the molecule is CCOCCN(C)c1nc(-c2cnc(N)cc2C(F)F)cc(N2CCOCC2)n1. The van der Waals surface area contributed by atoms with Crippen LogP contribution in [0.3, 0.4) is 0 Å². The van der Waals surface area contributed by atoms with Crippen LogP contribution in [-0.4, -0.2) is 68.1 Å². The van der Waals surface area contributed by atoms with Gasteiger partial charge in [0.1, 0.15) is 11.6 Å². The molecule has 1 saturated heterocycles. The number of rotatable bonds is 8. The fraction of sp³-hybridized carbons (Fsp3) is 0.526. The van der Waals surface area contributed by atoms with Crippen LogP contribution in [-0.2, 0) is 9.47 Å². The van der Waals surface area contributed by atoms with E-state index in [-0.39, 0.29) is 16.9 Å². The molecular formula is C19H26F2N6O2. The van der Waals surface area contributed by atoms with Crippen molar-refractivity contribution in [1.82, 2.24) is 15.0 Å². The Morgan fingerprint density at radius 1 is 1.28 bits per heavy atom. The van der Waals surface area contributed by atoms with E-state index < -0.39 is 6.43 Å². The predicted molar refractivity (Wildman–Crippen MR) is 107 cm³/mol. The number of morpholine rings is 1. The number of hydrogen-bond donors (Lipinski definition) is 1. The Hall–Kier alpha value is -2.59. The second-order valence-electron chi connectivity index (χ2n) is 6.63. The van der Waals surface area contributed by atoms with Crippen LogP contribution in [0.4, 0.5) is 26.4 Å². The molecule has 10 heteroatoms. The van der Waals surface area contributed by atoms with Crippen molar-refractivity contribution in [3.8, 4) is 11.3 Å². The van der Waals surface area contributed by atoms with Crippen molar-refractivity contribution in [1.29, 1.82) is 0 Å². The number of halogens is 2. The molecule has 2 aromatic heterocycles. The van der Waals surface area contributed by atoms with Gasteiger partial charge < -0.3 is 25.0 Å². The minimum absolute atomic E-state index is 0.0422. The molecule has 0 radical (unpaired) electrons. The Morgan fingerprint density at radius 2 is 2.03 bits per heavy atom. The first kappa shape index (κ1) is 21.1. The number of likely N-dealkylation sites (N-methyl/N-ethyl adjacent to an activating group) is 1. The van der Waals surface area contributed by atoms with Crippen LogP contribution in [0.5, 0.6) is 0 Å². The second-order valence-corrected chi connectivity index (χ2v) is 6.63. The standard InChI is InChI=1S/C19H26F2N6O2/c1-3-28-7-4-26(2)19-24-15(11-17(25-19)27-5-8-29-9-6-27)14-12-23-16(22)10-13(14)18(20)21/h10-12,18H,3-9H2,1-2H3,(H2,22,23). The molecule has 8 nitrogen and oxygen atoms in total. The molecule has 158 valence electrons. The van der Waals surface area contributed by atoms with Crippen molar-refractivity contribution in [3.63, 3.8) is 0 Å². The summed E-state index contributed by atoms with van der Waals surface area (Å²) < 4.78 is 38.1. The summed E-state index contributed by atoms with van der Waals surface area (Å²) in [5, 5.41) is 0. The van der Waals surface area contributed by atoms with Gasteiger partial charge in [0.05, 0.1) is 25.5 Å². The largest absolute Gasteiger partial charge is 0.384 e. The van der Waals surface area contributed by atoms with E-state index in [0.29, 0.717) is 63.5 Å². The molecule has 1 fully saturated rings. The Morgan fingerprint density at radius 3 is 2.72 bits per heavy atom. The van der Waals surface area contributed by atoms with E-state index in [9.17, 15) is 8.78 Å². The first-order valence-electron chi connectivity index (χ1n) is 9.54. The molecule has 1 aliphatic heterocycles. The number of alkyl halides is 2. The number of hydrogen-bond acceptors (Lipinski definition) is 8. The Labute approximate surface area is 168 Å². The molecule has 0 saturated carbocycles. The monoisotopic (exact) mass is 408 g/mol. The molecule has 0 spiro atoms. The maximum absolute atomic E-state index is 13.6. The van der Waals surface area contributed by atoms with E-state index >= 15 is 0 Å². The van der Waals surface area contributed by atoms with Gasteiger partial charge in [-0.25, -0.2) is 18.7 Å². The quantitative estimate of drug-likeness (QED) is 0.666. The molecule has 0 bridgehead atoms. The summed E-state index contributed by atoms with van der Waals surface area (Å²) in [5.74, 6) is 1.13. The molecule has 3 heterocycles. The average Bonchev–Trinajstić information content (AvgIpc) is 2.74. The summed E-state index contributed by atoms with van der Waals surface area (Å²) in [6.45, 7) is 6.12. The zero-order valence-electron chi connectivity index (χ0n) is 16.6. The maximum atomic E-state index is 13.6. The zero-order chi connectivity index (χ0) is 20.8. The molecule has 0 atom stereocenters. The molecule has 0 aromatic carbocycles. The van der Waals surface area contributed by atoms with Crippen molar-refractivity contribution in [2.24, 2.45) is 0 Å². The number of pyridine rings is 1. The first-order chi connectivity index (χ1) is 14.0. The van der Waals surface area contributed by atoms with Crippen molar-refractivity contribution in [2.45, 2.75) is 13.3 Å². The van der Waals surface area contributed by atoms with Gasteiger partial charge in [0.15, 0.2) is 0 Å². The third-order valence-corrected chi connectivity index (χ3v) is 4.62. The molecule has 2 aromatic rings. The molecule has 2 N–H and O–H groups in total. The van der Waals surface area contributed by atoms with Gasteiger partial charge in [-0.05, 0) is 13.0 Å². The van der Waals surface area contributed by atoms with E-state index in [1.54, 1.807) is 6.07 Å². The van der Waals surface area contributed by atoms with E-state index in [0.717, 1.165) is 0 Å². The van der Waals surface area contributed by atoms with Crippen LogP contribution < -0.4 is 15.5 Å². The van der Waals surface area contributed by atoms with Crippen molar-refractivity contribution in [2.75, 3.05) is 68.6 Å². The third kappa shape index (κ3) is 5.27. The average molecular weight is 408 g/mol. The topological polar surface area (TPSA) is 89.6 Å². The number of anilines is 3. The number of aromatic nitrogens is 3. The smallest absolute Gasteiger partial charge is 0.264 e. The normalized spacial score (nSPS) is 14.4. The predicted octanol–water partition coefficient (Wildman–Crippen LogP) is 2.37. The lowest BCUT2D eigenvalue weighted by Gasteiger charge is -2.29. The molecule has 1 aliphatic rings. The third-order valence-electron chi connectivity index (χ3n) is 4.62. The summed E-state index contributed by atoms with van der Waals surface area (Å²) >= 11 is 0. The Bertz CT molecular complexity index is 817. The summed E-state index contributed by atoms with van der Waals surface area (Å²) in [7, 11) is 1.84. The number of ether oxygens (including phenoxy) is 2. The van der Waals surface area contributed by atoms with Gasteiger partial charge in [0.2, 0.25) is 5.95 Å². The summed E-state index contributed by atoms with van der Waals surface area (Å²) in [6.07, 6.45) is -1.36. The molecular weight excluding hydrogens is 382 g/mol. The van der Waals surface area contributed by atoms with Crippen molar-refractivity contribution in [3.05, 3.63) is 23.9 Å². The lowest BCUT2D eigenvalue weighted by Crippen LogP contribution is -2.37. The summed E-state index contributed by atoms with van der Waals surface area (Å²) in [5.41, 5.74) is 6.03. The summed E-state index contributed by atoms with van der Waals surface area (Å²) in [6, 6.07) is 2.90. The fourth-order valence-corrected chi connectivity index (χ4v) is 3.01. The number of nitrogens with zero attached hydrogens (tertiary/aromatic N) is 5. The van der Waals surface area contributed by atoms with E-state index in [2.05, 4.69) is 19.9 Å². The molecule has 0 unspecified atom stereocenters. The summed E-state index contributed by atoms with van der Waals surface area (Å²) in [4.78, 5) is 17.1. The Balaban J connectivity index is 2.02. The highest BCUT2D eigenvalue weighted by molar-refractivity contribution is 5.69. The van der Waals surface area contributed by atoms with Crippen LogP contribution in [0, 0.1) is 0 Å². The van der Waals surface area contributed by atoms with Gasteiger partial charge in [-0.2, -0.15) is 4.98 Å². The van der Waals surface area contributed by atoms with Crippen LogP contribution in [0.2, 0.25) is 0 Å². The fourth-order valence-electron chi connectivity index (χ4n) is 3.01. The van der Waals surface area contributed by atoms with Gasteiger partial charge in [0.25, 0.3) is 6.43 Å². The molecule has 29 heavy (non-hydrogen) atoms. The highest BCUT2D eigenvalue weighted by Gasteiger charge is 2.21. The second kappa shape index (κ2) is 9.75. The Kier molecular flexibility index (Phi) is 7.10. The van der Waals surface area contributed by atoms with Crippen LogP contribution in [0.25, 0.3) is 11.3 Å². The lowest BCUT2D eigenvalue weighted by molar-refractivity contribution is 0.122.